The molecule has 5 nitrogen and oxygen atoms in total. The number of anilines is 1. The number of hydrazone groups is 1. The Hall–Kier alpha value is -3.48. The van der Waals surface area contributed by atoms with Crippen molar-refractivity contribution in [1.29, 1.82) is 0 Å². The third kappa shape index (κ3) is 5.04. The highest BCUT2D eigenvalue weighted by Crippen LogP contribution is 2.37. The van der Waals surface area contributed by atoms with E-state index in [1.54, 1.807) is 12.1 Å². The Morgan fingerprint density at radius 3 is 2.24 bits per heavy atom. The lowest BCUT2D eigenvalue weighted by molar-refractivity contribution is -0.114. The highest BCUT2D eigenvalue weighted by atomic mass is 127. The molecule has 0 saturated heterocycles. The topological polar surface area (TPSA) is 51.1 Å². The lowest BCUT2D eigenvalue weighted by Gasteiger charge is -2.15. The summed E-state index contributed by atoms with van der Waals surface area (Å²) in [6, 6.07) is 11.1. The van der Waals surface area contributed by atoms with Crippen LogP contribution in [0.15, 0.2) is 47.1 Å². The van der Waals surface area contributed by atoms with Crippen molar-refractivity contribution in [2.24, 2.45) is 5.10 Å². The first-order valence-corrected chi connectivity index (χ1v) is 11.8. The summed E-state index contributed by atoms with van der Waals surface area (Å²) in [5.74, 6) is -11.2. The maximum atomic E-state index is 14.3. The van der Waals surface area contributed by atoms with Crippen molar-refractivity contribution in [3.63, 3.8) is 0 Å². The molecule has 0 fully saturated rings. The van der Waals surface area contributed by atoms with Gasteiger partial charge in [-0.1, -0.05) is 29.8 Å². The number of nitrogens with zero attached hydrogens (tertiary/aromatic N) is 2. The molecule has 4 rings (SSSR count). The quantitative estimate of drug-likeness (QED) is 0.101. The van der Waals surface area contributed by atoms with Gasteiger partial charge in [0.15, 0.2) is 34.8 Å². The monoisotopic (exact) mass is 628 g/mol. The molecule has 0 aliphatic carbocycles. The zero-order valence-corrected chi connectivity index (χ0v) is 21.8. The Balaban J connectivity index is 1.66. The van der Waals surface area contributed by atoms with Crippen LogP contribution in [0.4, 0.5) is 27.6 Å². The van der Waals surface area contributed by atoms with Crippen LogP contribution in [0.3, 0.4) is 0 Å². The standard InChI is InChI=1S/C26H18F5IN2O3/c1-12-5-4-6-14(7-12)11-37-25-17(32)9-15(10-18(25)36-3)8-16-13(2)33-34(26(16)35)24-22(30)20(28)19(27)21(29)23(24)31/h4-10H,11H2,1-3H3/b16-8+. The molecule has 1 amide bonds. The van der Waals surface area contributed by atoms with E-state index in [1.165, 1.54) is 20.1 Å². The van der Waals surface area contributed by atoms with Crippen molar-refractivity contribution in [1.82, 2.24) is 0 Å². The van der Waals surface area contributed by atoms with E-state index >= 15 is 0 Å². The minimum Gasteiger partial charge on any atom is -0.493 e. The second-order valence-corrected chi connectivity index (χ2v) is 9.25. The summed E-state index contributed by atoms with van der Waals surface area (Å²) in [7, 11) is 1.44. The van der Waals surface area contributed by atoms with Crippen molar-refractivity contribution >= 4 is 46.0 Å². The molecule has 192 valence electrons. The second-order valence-electron chi connectivity index (χ2n) is 8.09. The Morgan fingerprint density at radius 1 is 0.973 bits per heavy atom. The van der Waals surface area contributed by atoms with Gasteiger partial charge in [-0.2, -0.15) is 10.1 Å². The SMILES string of the molecule is COc1cc(/C=C2/C(=O)N(c3c(F)c(F)c(F)c(F)c3F)N=C2C)cc(I)c1OCc1cccc(C)c1. The number of aryl methyl sites for hydroxylation is 1. The first kappa shape index (κ1) is 26.6. The number of carbonyl (C=O) groups excluding carboxylic acids is 1. The zero-order valence-electron chi connectivity index (χ0n) is 19.6. The van der Waals surface area contributed by atoms with Gasteiger partial charge in [-0.05, 0) is 65.8 Å². The predicted octanol–water partition coefficient (Wildman–Crippen LogP) is 6.69. The number of methoxy groups -OCH3 is 1. The van der Waals surface area contributed by atoms with Gasteiger partial charge in [0.25, 0.3) is 5.91 Å². The van der Waals surface area contributed by atoms with Gasteiger partial charge in [-0.25, -0.2) is 22.0 Å². The summed E-state index contributed by atoms with van der Waals surface area (Å²) < 4.78 is 81.5. The van der Waals surface area contributed by atoms with Gasteiger partial charge in [-0.15, -0.1) is 0 Å². The van der Waals surface area contributed by atoms with Crippen molar-refractivity contribution in [3.05, 3.63) is 91.3 Å². The number of rotatable bonds is 6. The molecule has 3 aromatic rings. The molecule has 0 spiro atoms. The van der Waals surface area contributed by atoms with E-state index in [-0.39, 0.29) is 22.9 Å². The maximum absolute atomic E-state index is 14.3. The van der Waals surface area contributed by atoms with Gasteiger partial charge >= 0.3 is 0 Å². The number of carbonyl (C=O) groups is 1. The van der Waals surface area contributed by atoms with Gasteiger partial charge in [0.1, 0.15) is 12.3 Å². The highest BCUT2D eigenvalue weighted by Gasteiger charge is 2.37. The Kier molecular flexibility index (Phi) is 7.53. The first-order valence-electron chi connectivity index (χ1n) is 10.7. The zero-order chi connectivity index (χ0) is 27.0. The van der Waals surface area contributed by atoms with E-state index in [4.69, 9.17) is 9.47 Å². The van der Waals surface area contributed by atoms with Crippen LogP contribution < -0.4 is 14.5 Å². The molecule has 0 radical (unpaired) electrons. The van der Waals surface area contributed by atoms with E-state index in [0.717, 1.165) is 11.1 Å². The summed E-state index contributed by atoms with van der Waals surface area (Å²) in [5.41, 5.74) is 0.971. The molecular weight excluding hydrogens is 610 g/mol. The fourth-order valence-corrected chi connectivity index (χ4v) is 4.48. The minimum atomic E-state index is -2.33. The number of amides is 1. The molecule has 1 aliphatic rings. The molecule has 0 bridgehead atoms. The fraction of sp³-hybridized carbons (Fsp3) is 0.154. The van der Waals surface area contributed by atoms with Crippen LogP contribution in [0.2, 0.25) is 0 Å². The molecular formula is C26H18F5IN2O3. The van der Waals surface area contributed by atoms with Crippen molar-refractivity contribution < 1.29 is 36.2 Å². The van der Waals surface area contributed by atoms with Crippen molar-refractivity contribution in [3.8, 4) is 11.5 Å². The third-order valence-corrected chi connectivity index (χ3v) is 6.29. The number of hydrogen-bond donors (Lipinski definition) is 0. The first-order chi connectivity index (χ1) is 17.5. The van der Waals surface area contributed by atoms with E-state index in [9.17, 15) is 26.7 Å². The smallest absolute Gasteiger partial charge is 0.280 e. The van der Waals surface area contributed by atoms with E-state index < -0.39 is 40.7 Å². The van der Waals surface area contributed by atoms with Crippen LogP contribution in [0.1, 0.15) is 23.6 Å². The van der Waals surface area contributed by atoms with Crippen LogP contribution in [0, 0.1) is 39.6 Å². The van der Waals surface area contributed by atoms with Crippen molar-refractivity contribution in [2.75, 3.05) is 12.1 Å². The van der Waals surface area contributed by atoms with Gasteiger partial charge in [0.05, 0.1) is 22.0 Å². The lowest BCUT2D eigenvalue weighted by atomic mass is 10.1. The maximum Gasteiger partial charge on any atom is 0.280 e. The summed E-state index contributed by atoms with van der Waals surface area (Å²) in [5, 5.41) is 3.91. The van der Waals surface area contributed by atoms with Gasteiger partial charge in [0.2, 0.25) is 5.82 Å². The molecule has 1 aliphatic heterocycles. The van der Waals surface area contributed by atoms with Gasteiger partial charge in [-0.3, -0.25) is 4.79 Å². The van der Waals surface area contributed by atoms with Crippen LogP contribution in [-0.2, 0) is 11.4 Å². The normalized spacial score (nSPS) is 14.4. The van der Waals surface area contributed by atoms with E-state index in [2.05, 4.69) is 5.10 Å². The van der Waals surface area contributed by atoms with Crippen LogP contribution in [0.5, 0.6) is 11.5 Å². The number of halogens is 6. The van der Waals surface area contributed by atoms with Crippen molar-refractivity contribution in [2.45, 2.75) is 20.5 Å². The van der Waals surface area contributed by atoms with Crippen LogP contribution in [-0.4, -0.2) is 18.7 Å². The molecule has 0 aromatic heterocycles. The van der Waals surface area contributed by atoms with Crippen LogP contribution in [0.25, 0.3) is 6.08 Å². The number of benzene rings is 3. The molecule has 11 heteroatoms. The molecule has 0 unspecified atom stereocenters. The third-order valence-electron chi connectivity index (χ3n) is 5.49. The van der Waals surface area contributed by atoms with E-state index in [1.807, 2.05) is 53.8 Å². The van der Waals surface area contributed by atoms with Crippen LogP contribution >= 0.6 is 22.6 Å². The molecule has 3 aromatic carbocycles. The van der Waals surface area contributed by atoms with Gasteiger partial charge < -0.3 is 9.47 Å². The molecule has 0 saturated carbocycles. The molecule has 0 atom stereocenters. The Morgan fingerprint density at radius 2 is 1.62 bits per heavy atom. The summed E-state index contributed by atoms with van der Waals surface area (Å²) in [6.45, 7) is 3.63. The van der Waals surface area contributed by atoms with E-state index in [0.29, 0.717) is 20.6 Å². The molecule has 1 heterocycles. The summed E-state index contributed by atoms with van der Waals surface area (Å²) >= 11 is 2.04. The summed E-state index contributed by atoms with van der Waals surface area (Å²) in [4.78, 5) is 12.9. The average molecular weight is 628 g/mol. The fourth-order valence-electron chi connectivity index (χ4n) is 3.70. The minimum absolute atomic E-state index is 0.0164. The second kappa shape index (κ2) is 10.5. The number of ether oxygens (including phenoxy) is 2. The highest BCUT2D eigenvalue weighted by molar-refractivity contribution is 14.1. The van der Waals surface area contributed by atoms with Gasteiger partial charge in [0, 0.05) is 0 Å². The number of hydrogen-bond acceptors (Lipinski definition) is 4. The molecule has 37 heavy (non-hydrogen) atoms. The summed E-state index contributed by atoms with van der Waals surface area (Å²) in [6.07, 6.45) is 1.38. The Bertz CT molecular complexity index is 1460. The average Bonchev–Trinajstić information content (AvgIpc) is 3.13. The largest absolute Gasteiger partial charge is 0.493 e. The lowest BCUT2D eigenvalue weighted by Crippen LogP contribution is -2.25. The predicted molar refractivity (Wildman–Crippen MR) is 136 cm³/mol. The molecule has 0 N–H and O–H groups in total. The Labute approximate surface area is 222 Å².